The maximum absolute atomic E-state index is 13.8. The van der Waals surface area contributed by atoms with Crippen LogP contribution in [0.25, 0.3) is 0 Å². The molecular weight excluding hydrogens is 544 g/mol. The van der Waals surface area contributed by atoms with Gasteiger partial charge in [0.2, 0.25) is 17.7 Å². The quantitative estimate of drug-likeness (QED) is 0.365. The number of benzene rings is 2. The summed E-state index contributed by atoms with van der Waals surface area (Å²) in [6, 6.07) is 14.4. The van der Waals surface area contributed by atoms with E-state index in [1.54, 1.807) is 12.1 Å². The van der Waals surface area contributed by atoms with Crippen LogP contribution in [0.1, 0.15) is 77.2 Å². The highest BCUT2D eigenvalue weighted by molar-refractivity contribution is 6.00. The van der Waals surface area contributed by atoms with Crippen LogP contribution in [0.15, 0.2) is 48.5 Å². The van der Waals surface area contributed by atoms with Crippen molar-refractivity contribution in [1.29, 1.82) is 0 Å². The van der Waals surface area contributed by atoms with Gasteiger partial charge in [0.05, 0.1) is 6.10 Å². The fourth-order valence-corrected chi connectivity index (χ4v) is 6.90. The largest absolute Gasteiger partial charge is 0.457 e. The Labute approximate surface area is 255 Å². The van der Waals surface area contributed by atoms with E-state index in [1.807, 2.05) is 41.3 Å². The zero-order chi connectivity index (χ0) is 30.4. The van der Waals surface area contributed by atoms with Crippen LogP contribution >= 0.6 is 0 Å². The highest BCUT2D eigenvalue weighted by Crippen LogP contribution is 2.36. The number of unbranched alkanes of at least 4 members (excludes halogenated alkanes) is 1. The number of carbonyl (C=O) groups is 3. The number of aliphatic hydroxyl groups excluding tert-OH is 1. The number of aliphatic hydroxyl groups is 1. The van der Waals surface area contributed by atoms with E-state index in [-0.39, 0.29) is 23.6 Å². The lowest BCUT2D eigenvalue weighted by molar-refractivity contribution is -0.166. The molecule has 0 bridgehead atoms. The lowest BCUT2D eigenvalue weighted by atomic mass is 9.78. The maximum atomic E-state index is 13.8. The Morgan fingerprint density at radius 1 is 1.02 bits per heavy atom. The lowest BCUT2D eigenvalue weighted by Gasteiger charge is -2.52. The van der Waals surface area contributed by atoms with Gasteiger partial charge in [-0.2, -0.15) is 0 Å². The van der Waals surface area contributed by atoms with Crippen LogP contribution in [0.5, 0.6) is 11.5 Å². The molecular formula is C34H46N4O5. The van der Waals surface area contributed by atoms with E-state index in [2.05, 4.69) is 22.5 Å². The molecule has 2 aromatic rings. The third-order valence-corrected chi connectivity index (χ3v) is 9.39. The fraction of sp³-hybridized carbons (Fsp3) is 0.559. The number of hydrogen-bond donors (Lipinski definition) is 3. The second-order valence-electron chi connectivity index (χ2n) is 12.4. The van der Waals surface area contributed by atoms with Crippen molar-refractivity contribution >= 4 is 23.4 Å². The van der Waals surface area contributed by atoms with Crippen molar-refractivity contribution < 1.29 is 24.2 Å². The summed E-state index contributed by atoms with van der Waals surface area (Å²) in [6.07, 6.45) is 7.24. The molecule has 2 atom stereocenters. The van der Waals surface area contributed by atoms with Gasteiger partial charge in [0, 0.05) is 38.8 Å². The molecule has 5 rings (SSSR count). The van der Waals surface area contributed by atoms with Crippen molar-refractivity contribution in [2.24, 2.45) is 5.92 Å². The average Bonchev–Trinajstić information content (AvgIpc) is 3.02. The Balaban J connectivity index is 1.19. The first kappa shape index (κ1) is 31.0. The number of piperidine rings is 1. The monoisotopic (exact) mass is 590 g/mol. The van der Waals surface area contributed by atoms with E-state index < -0.39 is 17.7 Å². The van der Waals surface area contributed by atoms with Gasteiger partial charge < -0.3 is 25.4 Å². The van der Waals surface area contributed by atoms with E-state index in [4.69, 9.17) is 4.74 Å². The summed E-state index contributed by atoms with van der Waals surface area (Å²) >= 11 is 0. The molecule has 232 valence electrons. The standard InChI is InChI=1S/C34H46N4O5/c1-3-4-20-38-32(41)30(31(40)26-8-6-5-7-9-26)36-33(42)34(38)18-21-37(22-19-34)23-25-10-14-28(15-11-25)43-29-16-12-27(13-17-29)35-24(2)39/h10-17,26,30-31,40H,3-9,18-23H2,1-2H3,(H,35,39)(H,36,42)/t30-,31-/m1/s1. The lowest BCUT2D eigenvalue weighted by Crippen LogP contribution is -2.75. The van der Waals surface area contributed by atoms with Gasteiger partial charge in [0.1, 0.15) is 23.1 Å². The van der Waals surface area contributed by atoms with Crippen molar-refractivity contribution in [2.75, 3.05) is 25.0 Å². The molecule has 1 saturated carbocycles. The second-order valence-corrected chi connectivity index (χ2v) is 12.4. The maximum Gasteiger partial charge on any atom is 0.248 e. The first-order chi connectivity index (χ1) is 20.8. The van der Waals surface area contributed by atoms with Crippen molar-refractivity contribution in [3.05, 3.63) is 54.1 Å². The van der Waals surface area contributed by atoms with E-state index in [9.17, 15) is 19.5 Å². The third-order valence-electron chi connectivity index (χ3n) is 9.39. The smallest absolute Gasteiger partial charge is 0.248 e. The molecule has 0 unspecified atom stereocenters. The molecule has 43 heavy (non-hydrogen) atoms. The van der Waals surface area contributed by atoms with Gasteiger partial charge in [-0.3, -0.25) is 19.3 Å². The average molecular weight is 591 g/mol. The SMILES string of the molecule is CCCCN1C(=O)[C@@H]([C@H](O)C2CCCCC2)NC(=O)C12CCN(Cc1ccc(Oc3ccc(NC(C)=O)cc3)cc1)CC2. The Kier molecular flexibility index (Phi) is 10.0. The zero-order valence-corrected chi connectivity index (χ0v) is 25.5. The Morgan fingerprint density at radius 2 is 1.65 bits per heavy atom. The molecule has 2 saturated heterocycles. The van der Waals surface area contributed by atoms with Crippen LogP contribution in [0.3, 0.4) is 0 Å². The number of carbonyl (C=O) groups excluding carboxylic acids is 3. The summed E-state index contributed by atoms with van der Waals surface area (Å²) in [5.41, 5.74) is 1.02. The van der Waals surface area contributed by atoms with E-state index in [1.165, 1.54) is 13.3 Å². The fourth-order valence-electron chi connectivity index (χ4n) is 6.90. The predicted octanol–water partition coefficient (Wildman–Crippen LogP) is 4.84. The predicted molar refractivity (Wildman–Crippen MR) is 166 cm³/mol. The molecule has 1 aliphatic carbocycles. The summed E-state index contributed by atoms with van der Waals surface area (Å²) in [6.45, 7) is 6.28. The van der Waals surface area contributed by atoms with Gasteiger partial charge in [0.25, 0.3) is 0 Å². The van der Waals surface area contributed by atoms with Gasteiger partial charge in [-0.25, -0.2) is 0 Å². The first-order valence-electron chi connectivity index (χ1n) is 16.0. The molecule has 2 heterocycles. The van der Waals surface area contributed by atoms with Gasteiger partial charge in [-0.1, -0.05) is 44.7 Å². The highest BCUT2D eigenvalue weighted by Gasteiger charge is 2.55. The first-order valence-corrected chi connectivity index (χ1v) is 16.0. The topological polar surface area (TPSA) is 111 Å². The highest BCUT2D eigenvalue weighted by atomic mass is 16.5. The van der Waals surface area contributed by atoms with Gasteiger partial charge >= 0.3 is 0 Å². The molecule has 0 radical (unpaired) electrons. The van der Waals surface area contributed by atoms with Crippen LogP contribution in [0.4, 0.5) is 5.69 Å². The zero-order valence-electron chi connectivity index (χ0n) is 25.5. The van der Waals surface area contributed by atoms with Gasteiger partial charge in [0.15, 0.2) is 0 Å². The van der Waals surface area contributed by atoms with Crippen molar-refractivity contribution in [3.8, 4) is 11.5 Å². The molecule has 1 spiro atoms. The molecule has 3 fully saturated rings. The van der Waals surface area contributed by atoms with Gasteiger partial charge in [-0.05, 0) is 80.0 Å². The minimum atomic E-state index is -0.848. The summed E-state index contributed by atoms with van der Waals surface area (Å²) < 4.78 is 5.96. The normalized spacial score (nSPS) is 21.8. The Morgan fingerprint density at radius 3 is 2.26 bits per heavy atom. The number of nitrogens with zero attached hydrogens (tertiary/aromatic N) is 2. The van der Waals surface area contributed by atoms with E-state index >= 15 is 0 Å². The van der Waals surface area contributed by atoms with E-state index in [0.29, 0.717) is 38.2 Å². The van der Waals surface area contributed by atoms with Crippen LogP contribution in [-0.4, -0.2) is 69.9 Å². The van der Waals surface area contributed by atoms with E-state index in [0.717, 1.165) is 62.1 Å². The summed E-state index contributed by atoms with van der Waals surface area (Å²) in [4.78, 5) is 43.0. The molecule has 0 aromatic heterocycles. The van der Waals surface area contributed by atoms with Crippen molar-refractivity contribution in [3.63, 3.8) is 0 Å². The number of amides is 3. The van der Waals surface area contributed by atoms with Crippen molar-refractivity contribution in [1.82, 2.24) is 15.1 Å². The molecule has 9 nitrogen and oxygen atoms in total. The third kappa shape index (κ3) is 7.21. The number of ether oxygens (including phenoxy) is 1. The molecule has 9 heteroatoms. The van der Waals surface area contributed by atoms with Crippen LogP contribution in [0.2, 0.25) is 0 Å². The van der Waals surface area contributed by atoms with Crippen LogP contribution < -0.4 is 15.4 Å². The molecule has 3 aliphatic rings. The summed E-state index contributed by atoms with van der Waals surface area (Å²) in [5, 5.41) is 16.9. The second kappa shape index (κ2) is 13.9. The Bertz CT molecular complexity index is 1250. The number of rotatable bonds is 10. The molecule has 2 aliphatic heterocycles. The molecule has 3 amide bonds. The number of likely N-dealkylation sites (tertiary alicyclic amines) is 1. The van der Waals surface area contributed by atoms with Gasteiger partial charge in [-0.15, -0.1) is 0 Å². The number of anilines is 1. The molecule has 2 aromatic carbocycles. The Hall–Kier alpha value is -3.43. The minimum Gasteiger partial charge on any atom is -0.457 e. The summed E-state index contributed by atoms with van der Waals surface area (Å²) in [7, 11) is 0. The summed E-state index contributed by atoms with van der Waals surface area (Å²) in [5.74, 6) is 1.15. The number of nitrogens with one attached hydrogen (secondary N) is 2. The molecule has 3 N–H and O–H groups in total. The minimum absolute atomic E-state index is 0.0688. The number of piperazine rings is 1. The van der Waals surface area contributed by atoms with Crippen LogP contribution in [0, 0.1) is 5.92 Å². The van der Waals surface area contributed by atoms with Crippen LogP contribution in [-0.2, 0) is 20.9 Å². The van der Waals surface area contributed by atoms with Crippen molar-refractivity contribution in [2.45, 2.75) is 95.9 Å². The number of hydrogen-bond acceptors (Lipinski definition) is 6.